The molecule has 0 spiro atoms. The number of fused-ring (bicyclic) bond motifs is 2. The van der Waals surface area contributed by atoms with Crippen LogP contribution in [-0.2, 0) is 14.3 Å². The minimum absolute atomic E-state index is 0.349. The van der Waals surface area contributed by atoms with E-state index in [1.165, 1.54) is 0 Å². The van der Waals surface area contributed by atoms with Crippen molar-refractivity contribution in [3.63, 3.8) is 0 Å². The van der Waals surface area contributed by atoms with Crippen LogP contribution >= 0.6 is 0 Å². The highest BCUT2D eigenvalue weighted by Gasteiger charge is 2.75. The van der Waals surface area contributed by atoms with Crippen molar-refractivity contribution in [2.24, 2.45) is 10.8 Å². The lowest BCUT2D eigenvalue weighted by atomic mass is 9.66. The van der Waals surface area contributed by atoms with Crippen molar-refractivity contribution < 1.29 is 19.1 Å². The smallest absolute Gasteiger partial charge is 0.313 e. The van der Waals surface area contributed by atoms with Crippen molar-refractivity contribution >= 4 is 17.8 Å². The molecule has 3 rings (SSSR count). The normalized spacial score (nSPS) is 30.7. The van der Waals surface area contributed by atoms with Gasteiger partial charge < -0.3 is 4.74 Å². The zero-order valence-electron chi connectivity index (χ0n) is 13.4. The van der Waals surface area contributed by atoms with E-state index >= 15 is 0 Å². The molecule has 1 aliphatic carbocycles. The van der Waals surface area contributed by atoms with Crippen LogP contribution in [0.1, 0.15) is 44.0 Å². The molecule has 1 saturated carbocycles. The predicted molar refractivity (Wildman–Crippen MR) is 82.0 cm³/mol. The first-order valence-electron chi connectivity index (χ1n) is 7.64. The van der Waals surface area contributed by atoms with Crippen LogP contribution in [0.2, 0.25) is 0 Å². The summed E-state index contributed by atoms with van der Waals surface area (Å²) < 4.78 is 5.46. The molecule has 2 atom stereocenters. The quantitative estimate of drug-likeness (QED) is 0.641. The van der Waals surface area contributed by atoms with Gasteiger partial charge in [0.15, 0.2) is 5.60 Å². The summed E-state index contributed by atoms with van der Waals surface area (Å²) in [5.41, 5.74) is 2.70. The lowest BCUT2D eigenvalue weighted by molar-refractivity contribution is -0.168. The van der Waals surface area contributed by atoms with E-state index in [1.54, 1.807) is 30.3 Å². The Labute approximate surface area is 134 Å². The maximum absolute atomic E-state index is 12.7. The molecule has 6 nitrogen and oxygen atoms in total. The van der Waals surface area contributed by atoms with Crippen molar-refractivity contribution in [3.05, 3.63) is 35.9 Å². The van der Waals surface area contributed by atoms with Crippen LogP contribution in [-0.4, -0.2) is 23.4 Å². The van der Waals surface area contributed by atoms with Gasteiger partial charge in [-0.25, -0.2) is 0 Å². The molecule has 1 saturated heterocycles. The number of carbonyl (C=O) groups excluding carboxylic acids is 3. The SMILES string of the molecule is CC1(C)[C@]2(C)CC[C@]1(C(=O)NNC(=O)c1ccccc1)OC2=O. The molecule has 1 aromatic carbocycles. The number of nitrogens with one attached hydrogen (secondary N) is 2. The van der Waals surface area contributed by atoms with Crippen LogP contribution in [0.4, 0.5) is 0 Å². The first-order chi connectivity index (χ1) is 10.7. The molecule has 2 aliphatic rings. The third-order valence-corrected chi connectivity index (χ3v) is 5.78. The number of amides is 2. The minimum atomic E-state index is -1.23. The third-order valence-electron chi connectivity index (χ3n) is 5.78. The Balaban J connectivity index is 1.74. The Bertz CT molecular complexity index is 685. The van der Waals surface area contributed by atoms with E-state index in [0.717, 1.165) is 0 Å². The van der Waals surface area contributed by atoms with E-state index in [0.29, 0.717) is 18.4 Å². The van der Waals surface area contributed by atoms with Gasteiger partial charge in [0.1, 0.15) is 0 Å². The van der Waals surface area contributed by atoms with E-state index in [1.807, 2.05) is 20.8 Å². The van der Waals surface area contributed by atoms with Crippen LogP contribution in [0.25, 0.3) is 0 Å². The van der Waals surface area contributed by atoms with Gasteiger partial charge in [0.05, 0.1) is 5.41 Å². The Morgan fingerprint density at radius 3 is 2.22 bits per heavy atom. The van der Waals surface area contributed by atoms with Gasteiger partial charge in [0.25, 0.3) is 11.8 Å². The molecular weight excluding hydrogens is 296 g/mol. The largest absolute Gasteiger partial charge is 0.448 e. The second-order valence-electron chi connectivity index (χ2n) is 6.95. The van der Waals surface area contributed by atoms with Gasteiger partial charge in [-0.1, -0.05) is 32.0 Å². The minimum Gasteiger partial charge on any atom is -0.448 e. The summed E-state index contributed by atoms with van der Waals surface area (Å²) in [5, 5.41) is 0. The van der Waals surface area contributed by atoms with Crippen molar-refractivity contribution in [1.29, 1.82) is 0 Å². The zero-order chi connectivity index (χ0) is 16.9. The van der Waals surface area contributed by atoms with Gasteiger partial charge >= 0.3 is 5.97 Å². The molecule has 2 fully saturated rings. The van der Waals surface area contributed by atoms with Crippen molar-refractivity contribution in [1.82, 2.24) is 10.9 Å². The molecule has 2 N–H and O–H groups in total. The molecule has 0 aromatic heterocycles. The second-order valence-corrected chi connectivity index (χ2v) is 6.95. The molecule has 122 valence electrons. The van der Waals surface area contributed by atoms with E-state index in [2.05, 4.69) is 10.9 Å². The number of hydrogen-bond donors (Lipinski definition) is 2. The fourth-order valence-electron chi connectivity index (χ4n) is 3.62. The van der Waals surface area contributed by atoms with E-state index in [9.17, 15) is 14.4 Å². The molecule has 23 heavy (non-hydrogen) atoms. The predicted octanol–water partition coefficient (Wildman–Crippen LogP) is 1.57. The lowest BCUT2D eigenvalue weighted by Gasteiger charge is -2.35. The summed E-state index contributed by atoms with van der Waals surface area (Å²) in [5.74, 6) is -1.25. The Kier molecular flexibility index (Phi) is 3.25. The highest BCUT2D eigenvalue weighted by Crippen LogP contribution is 2.65. The topological polar surface area (TPSA) is 84.5 Å². The first-order valence-corrected chi connectivity index (χ1v) is 7.64. The average Bonchev–Trinajstić information content (AvgIpc) is 2.83. The summed E-state index contributed by atoms with van der Waals surface area (Å²) in [6, 6.07) is 8.56. The monoisotopic (exact) mass is 316 g/mol. The molecule has 1 aromatic rings. The summed E-state index contributed by atoms with van der Waals surface area (Å²) in [4.78, 5) is 36.8. The summed E-state index contributed by atoms with van der Waals surface area (Å²) in [6.07, 6.45) is 1.05. The van der Waals surface area contributed by atoms with Crippen LogP contribution in [0, 0.1) is 10.8 Å². The van der Waals surface area contributed by atoms with Crippen LogP contribution in [0.3, 0.4) is 0 Å². The van der Waals surface area contributed by atoms with Gasteiger partial charge in [0.2, 0.25) is 0 Å². The second kappa shape index (κ2) is 4.81. The maximum Gasteiger partial charge on any atom is 0.313 e. The Morgan fingerprint density at radius 1 is 1.04 bits per heavy atom. The average molecular weight is 316 g/mol. The third kappa shape index (κ3) is 1.90. The molecule has 2 bridgehead atoms. The molecule has 1 heterocycles. The highest BCUT2D eigenvalue weighted by atomic mass is 16.6. The van der Waals surface area contributed by atoms with Crippen LogP contribution in [0.15, 0.2) is 30.3 Å². The van der Waals surface area contributed by atoms with E-state index in [4.69, 9.17) is 4.74 Å². The standard InChI is InChI=1S/C17H20N2O4/c1-15(2)16(3)9-10-17(15,23-14(16)22)13(21)19-18-12(20)11-7-5-4-6-8-11/h4-8H,9-10H2,1-3H3,(H,18,20)(H,19,21)/t16-,17-/m1/s1. The summed E-state index contributed by atoms with van der Waals surface area (Å²) in [6.45, 7) is 5.56. The molecule has 1 aliphatic heterocycles. The van der Waals surface area contributed by atoms with Crippen molar-refractivity contribution in [2.75, 3.05) is 0 Å². The maximum atomic E-state index is 12.7. The number of esters is 1. The molecule has 2 amide bonds. The number of hydrogen-bond acceptors (Lipinski definition) is 4. The number of benzene rings is 1. The van der Waals surface area contributed by atoms with Crippen molar-refractivity contribution in [3.8, 4) is 0 Å². The first kappa shape index (κ1) is 15.5. The highest BCUT2D eigenvalue weighted by molar-refractivity contribution is 5.99. The zero-order valence-corrected chi connectivity index (χ0v) is 13.4. The van der Waals surface area contributed by atoms with Gasteiger partial charge in [-0.2, -0.15) is 0 Å². The molecule has 0 unspecified atom stereocenters. The molecular formula is C17H20N2O4. The Morgan fingerprint density at radius 2 is 1.70 bits per heavy atom. The van der Waals surface area contributed by atoms with Crippen LogP contribution < -0.4 is 10.9 Å². The van der Waals surface area contributed by atoms with Gasteiger partial charge in [-0.3, -0.25) is 25.2 Å². The van der Waals surface area contributed by atoms with Crippen LogP contribution in [0.5, 0.6) is 0 Å². The number of rotatable bonds is 2. The number of ether oxygens (including phenoxy) is 1. The lowest BCUT2D eigenvalue weighted by Crippen LogP contribution is -2.57. The molecule has 0 radical (unpaired) electrons. The fraction of sp³-hybridized carbons (Fsp3) is 0.471. The van der Waals surface area contributed by atoms with Gasteiger partial charge in [-0.05, 0) is 31.9 Å². The van der Waals surface area contributed by atoms with Gasteiger partial charge in [-0.15, -0.1) is 0 Å². The fourth-order valence-corrected chi connectivity index (χ4v) is 3.62. The van der Waals surface area contributed by atoms with E-state index < -0.39 is 28.2 Å². The number of hydrazine groups is 1. The summed E-state index contributed by atoms with van der Waals surface area (Å²) in [7, 11) is 0. The molecule has 6 heteroatoms. The summed E-state index contributed by atoms with van der Waals surface area (Å²) >= 11 is 0. The van der Waals surface area contributed by atoms with Crippen molar-refractivity contribution in [2.45, 2.75) is 39.2 Å². The van der Waals surface area contributed by atoms with Gasteiger partial charge in [0, 0.05) is 11.0 Å². The Hall–Kier alpha value is -2.37. The van der Waals surface area contributed by atoms with E-state index in [-0.39, 0.29) is 5.97 Å². The number of carbonyl (C=O) groups is 3.